The number of carbonyl (C=O) groups excluding carboxylic acids is 2. The van der Waals surface area contributed by atoms with Crippen molar-refractivity contribution in [3.8, 4) is 11.5 Å². The highest BCUT2D eigenvalue weighted by Gasteiger charge is 2.62. The molecule has 0 unspecified atom stereocenters. The molecule has 68 nitrogen and oxygen atoms in total. The second kappa shape index (κ2) is 40.3. The number of hydrogen-bond donors (Lipinski definition) is 16. The molecule has 0 radical (unpaired) electrons. The number of carbonyl (C=O) groups is 2. The van der Waals surface area contributed by atoms with E-state index in [-0.39, 0.29) is 11.4 Å². The van der Waals surface area contributed by atoms with Crippen LogP contribution in [0.5, 0.6) is 11.5 Å². The Hall–Kier alpha value is -5.08. The first-order valence-electron chi connectivity index (χ1n) is 30.0. The largest absolute Gasteiger partial charge is 0.462 e. The molecule has 0 spiro atoms. The molecule has 2 aromatic rings. The summed E-state index contributed by atoms with van der Waals surface area (Å²) in [6, 6.07) is 6.48. The summed E-state index contributed by atoms with van der Waals surface area (Å²) in [6.45, 7) is -7.86. The van der Waals surface area contributed by atoms with Crippen LogP contribution < -0.4 is 20.1 Å². The number of nitrogens with one attached hydrogen (secondary N) is 2. The van der Waals surface area contributed by atoms with Crippen LogP contribution in [0.15, 0.2) is 48.5 Å². The van der Waals surface area contributed by atoms with E-state index in [9.17, 15) is 191 Å². The van der Waals surface area contributed by atoms with E-state index < -0.39 is 331 Å². The summed E-state index contributed by atoms with van der Waals surface area (Å²) >= 11 is 0. The molecule has 0 saturated carbocycles. The van der Waals surface area contributed by atoms with E-state index in [1.54, 1.807) is 0 Å². The van der Waals surface area contributed by atoms with E-state index in [1.165, 1.54) is 0 Å². The first-order valence-corrected chi connectivity index (χ1v) is 49.1. The highest BCUT2D eigenvalue weighted by molar-refractivity contribution is 7.84. The van der Waals surface area contributed by atoms with Gasteiger partial charge in [-0.15, -0.1) is 0 Å². The van der Waals surface area contributed by atoms with Crippen LogP contribution in [0.1, 0.15) is 12.8 Å². The molecular weight excluding hydrogens is 2010 g/mol. The Balaban J connectivity index is 1.26. The van der Waals surface area contributed by atoms with E-state index in [2.05, 4.69) is 69.2 Å². The van der Waals surface area contributed by atoms with E-state index in [0.29, 0.717) is 0 Å². The third-order valence-electron chi connectivity index (χ3n) is 14.2. The fraction of sp³-hybridized carbons (Fsp3) is 0.650. The maximum Gasteiger partial charge on any atom is 0.397 e. The molecule has 4 aliphatic rings. The smallest absolute Gasteiger partial charge is 0.397 e. The molecule has 122 heavy (non-hydrogen) atoms. The second-order valence-corrected chi connectivity index (χ2v) is 37.8. The number of rotatable bonds is 45. The van der Waals surface area contributed by atoms with Crippen LogP contribution in [0.25, 0.3) is 0 Å². The summed E-state index contributed by atoms with van der Waals surface area (Å²) in [6.07, 6.45) is -65.5. The highest BCUT2D eigenvalue weighted by atomic mass is 32.3. The van der Waals surface area contributed by atoms with Crippen LogP contribution in [0.4, 0.5) is 11.4 Å². The molecular formula is C40H56N2O66S14. The normalized spacial score (nSPS) is 28.7. The third kappa shape index (κ3) is 38.1. The summed E-state index contributed by atoms with van der Waals surface area (Å²) in [5.41, 5.74) is -0.619. The first-order chi connectivity index (χ1) is 54.9. The van der Waals surface area contributed by atoms with Gasteiger partial charge in [-0.3, -0.25) is 73.3 Å². The zero-order valence-electron chi connectivity index (χ0n) is 57.6. The van der Waals surface area contributed by atoms with Gasteiger partial charge in [0, 0.05) is 24.2 Å². The fourth-order valence-electron chi connectivity index (χ4n) is 10.4. The molecule has 4 fully saturated rings. The maximum atomic E-state index is 13.2. The zero-order valence-corrected chi connectivity index (χ0v) is 69.0. The van der Waals surface area contributed by atoms with Crippen LogP contribution in [-0.2, 0) is 242 Å². The predicted molar refractivity (Wildman–Crippen MR) is 359 cm³/mol. The van der Waals surface area contributed by atoms with Gasteiger partial charge in [-0.05, 0) is 48.5 Å². The van der Waals surface area contributed by atoms with Crippen molar-refractivity contribution in [1.29, 1.82) is 0 Å². The lowest BCUT2D eigenvalue weighted by atomic mass is 9.97. The van der Waals surface area contributed by atoms with Crippen LogP contribution >= 0.6 is 0 Å². The lowest BCUT2D eigenvalue weighted by molar-refractivity contribution is -0.340. The van der Waals surface area contributed by atoms with Crippen molar-refractivity contribution in [1.82, 2.24) is 0 Å². The van der Waals surface area contributed by atoms with Crippen molar-refractivity contribution < 1.29 is 288 Å². The highest BCUT2D eigenvalue weighted by Crippen LogP contribution is 2.41. The van der Waals surface area contributed by atoms with Crippen molar-refractivity contribution in [3.05, 3.63) is 48.5 Å². The Kier molecular flexibility index (Phi) is 34.9. The van der Waals surface area contributed by atoms with E-state index in [0.717, 1.165) is 48.5 Å². The van der Waals surface area contributed by atoms with E-state index in [1.807, 2.05) is 0 Å². The fourth-order valence-corrected chi connectivity index (χ4v) is 16.5. The molecule has 2 amide bonds. The average molecular weight is 2070 g/mol. The Morgan fingerprint density at radius 3 is 0.639 bits per heavy atom. The van der Waals surface area contributed by atoms with E-state index >= 15 is 0 Å². The monoisotopic (exact) mass is 2070 g/mol. The summed E-state index contributed by atoms with van der Waals surface area (Å²) in [5, 5.41) is 4.45. The third-order valence-corrected chi connectivity index (χ3v) is 20.5. The van der Waals surface area contributed by atoms with Gasteiger partial charge < -0.3 is 48.5 Å². The van der Waals surface area contributed by atoms with Crippen LogP contribution in [0.3, 0.4) is 0 Å². The molecule has 6 rings (SSSR count). The molecule has 0 aliphatic carbocycles. The van der Waals surface area contributed by atoms with Crippen molar-refractivity contribution in [3.63, 3.8) is 0 Å². The summed E-state index contributed by atoms with van der Waals surface area (Å²) in [5.74, 6) is -3.63. The van der Waals surface area contributed by atoms with Gasteiger partial charge in [-0.25, -0.2) is 58.6 Å². The van der Waals surface area contributed by atoms with Gasteiger partial charge in [0.2, 0.25) is 24.4 Å². The average Bonchev–Trinajstić information content (AvgIpc) is 0.758. The lowest BCUT2D eigenvalue weighted by Crippen LogP contribution is -2.67. The quantitative estimate of drug-likeness (QED) is 0.0274. The van der Waals surface area contributed by atoms with Gasteiger partial charge in [0.15, 0.2) is 37.0 Å². The Labute approximate surface area is 684 Å². The Bertz CT molecular complexity index is 5410. The van der Waals surface area contributed by atoms with E-state index in [4.69, 9.17) is 37.9 Å². The van der Waals surface area contributed by atoms with Crippen LogP contribution in [0.2, 0.25) is 0 Å². The maximum absolute atomic E-state index is 13.2. The van der Waals surface area contributed by atoms with Gasteiger partial charge in [0.05, 0.1) is 26.4 Å². The minimum atomic E-state index is -6.32. The number of hydrogen-bond acceptors (Lipinski definition) is 52. The SMILES string of the molecule is O=C(CCC(=O)Nc1ccc(O[C@@H]2O[C@H](COS(=O)(=O)O)[C@@H](O[C@H]3O[C@H](COS(=O)(=O)O)[C@@H](OS(=O)(=O)O)[C@H](OS(=O)(=O)O)[C@H]3OS(=O)(=O)O)[C@H](OS(=O)(=O)O)[C@H]2OS(=O)(=O)O)cc1)Nc1ccc(O[C@@H]2O[C@H](COS(=O)(=O)O)[C@@H](O[C@H]3O[C@H](COS(=O)(=O)O)[C@@H](OS(=O)(=O)O)[C@H](OS(=O)(=O)O)[C@H]3OS(=O)(=O)O)[C@H](OS(=O)(=O)O)[C@H]2OS(=O)(=O)O)cc1. The van der Waals surface area contributed by atoms with Crippen LogP contribution in [0, 0.1) is 0 Å². The van der Waals surface area contributed by atoms with Gasteiger partial charge in [-0.1, -0.05) is 0 Å². The molecule has 20 atom stereocenters. The second-order valence-electron chi connectivity index (χ2n) is 23.0. The summed E-state index contributed by atoms with van der Waals surface area (Å²) < 4.78 is 577. The predicted octanol–water partition coefficient (Wildman–Crippen LogP) is -9.37. The molecule has 4 saturated heterocycles. The molecule has 706 valence electrons. The van der Waals surface area contributed by atoms with Gasteiger partial charge in [0.1, 0.15) is 84.7 Å². The first kappa shape index (κ1) is 106. The molecule has 4 aliphatic heterocycles. The molecule has 16 N–H and O–H groups in total. The molecule has 82 heteroatoms. The van der Waals surface area contributed by atoms with Crippen molar-refractivity contribution in [2.75, 3.05) is 37.1 Å². The molecule has 0 bridgehead atoms. The number of ether oxygens (including phenoxy) is 8. The van der Waals surface area contributed by atoms with Crippen molar-refractivity contribution >= 4 is 169 Å². The zero-order chi connectivity index (χ0) is 92.9. The van der Waals surface area contributed by atoms with Gasteiger partial charge in [0.25, 0.3) is 0 Å². The Morgan fingerprint density at radius 2 is 0.426 bits per heavy atom. The number of anilines is 2. The lowest BCUT2D eigenvalue weighted by Gasteiger charge is -2.48. The Morgan fingerprint density at radius 1 is 0.246 bits per heavy atom. The standard InChI is InChI=1S/C40H56N2O66S14/c43-23(41-15-1-5-17(6-2-15)91-37-33(105-119(75,76)77)29(101-115(63,64)65)25(19(93-37)11-87-109(45,46)47)97-39-35(107-121(81,82)83)31(103-117(69,70)71)27(99-113(57,58)59)21(95-39)13-89-111(51,52)53)9-10-24(44)42-16-3-7-18(8-4-16)92-38-34(106-120(78,79)80)30(102-116(66,67)68)26(20(94-38)12-88-110(48,49)50)98-40-36(108-122(84,85)86)32(104-118(72,73)74)28(100-114(60,61)62)22(96-40)14-90-112(54,55)56/h1-8,19-22,25-40H,9-14H2,(H,41,43)(H,42,44)(H,45,46,47)(H,48,49,50)(H,51,52,53)(H,54,55,56)(H,57,58,59)(H,60,61,62)(H,63,64,65)(H,66,67,68)(H,69,70,71)(H,72,73,74)(H,75,76,77)(H,78,79,80)(H,81,82,83)(H,84,85,86)/t19-,20-,21-,22-,25-,26-,27-,28-,29+,30+,31+,32+,33-,34-,35-,36-,37-,38-,39-,40-/m1/s1. The van der Waals surface area contributed by atoms with Gasteiger partial charge >= 0.3 is 146 Å². The number of benzene rings is 2. The van der Waals surface area contributed by atoms with Crippen molar-refractivity contribution in [2.45, 2.75) is 136 Å². The molecule has 0 aromatic heterocycles. The van der Waals surface area contributed by atoms with Crippen molar-refractivity contribution in [2.24, 2.45) is 0 Å². The number of amides is 2. The molecule has 4 heterocycles. The molecule has 2 aromatic carbocycles. The summed E-state index contributed by atoms with van der Waals surface area (Å²) in [4.78, 5) is 26.3. The van der Waals surface area contributed by atoms with Gasteiger partial charge in [-0.2, -0.15) is 118 Å². The minimum Gasteiger partial charge on any atom is -0.462 e. The van der Waals surface area contributed by atoms with Crippen LogP contribution in [-0.4, -0.2) is 343 Å². The topological polar surface area (TPSA) is 1020 Å². The summed E-state index contributed by atoms with van der Waals surface area (Å²) in [7, 11) is -86.0. The minimum absolute atomic E-state index is 0.310.